The normalized spacial score (nSPS) is 28.8. The first kappa shape index (κ1) is 8.97. The fourth-order valence-corrected chi connectivity index (χ4v) is 2.32. The van der Waals surface area contributed by atoms with E-state index in [4.69, 9.17) is 9.47 Å². The van der Waals surface area contributed by atoms with Gasteiger partial charge in [0.1, 0.15) is 0 Å². The third-order valence-electron chi connectivity index (χ3n) is 3.10. The predicted molar refractivity (Wildman–Crippen MR) is 52.2 cm³/mol. The molecule has 0 saturated carbocycles. The highest BCUT2D eigenvalue weighted by Gasteiger charge is 2.36. The van der Waals surface area contributed by atoms with Crippen molar-refractivity contribution in [3.8, 4) is 5.75 Å². The van der Waals surface area contributed by atoms with Crippen LogP contribution in [0.2, 0.25) is 0 Å². The third-order valence-corrected chi connectivity index (χ3v) is 3.10. The molecular formula is C11H13NO3. The Morgan fingerprint density at radius 1 is 1.47 bits per heavy atom. The minimum atomic E-state index is -0.145. The fraction of sp³-hybridized carbons (Fsp3) is 0.545. The first-order valence-electron chi connectivity index (χ1n) is 5.34. The first-order chi connectivity index (χ1) is 7.34. The summed E-state index contributed by atoms with van der Waals surface area (Å²) < 4.78 is 12.1. The van der Waals surface area contributed by atoms with E-state index in [1.807, 2.05) is 6.07 Å². The number of hydrogen-bond donors (Lipinski definition) is 0. The van der Waals surface area contributed by atoms with Crippen molar-refractivity contribution in [3.05, 3.63) is 29.2 Å². The highest BCUT2D eigenvalue weighted by molar-refractivity contribution is 5.26. The lowest BCUT2D eigenvalue weighted by atomic mass is 9.92. The molecule has 0 bridgehead atoms. The third kappa shape index (κ3) is 1.45. The van der Waals surface area contributed by atoms with Crippen molar-refractivity contribution in [2.75, 3.05) is 6.61 Å². The van der Waals surface area contributed by atoms with Crippen molar-refractivity contribution in [2.24, 2.45) is 5.92 Å². The number of hydrogen-bond acceptors (Lipinski definition) is 3. The molecule has 0 unspecified atom stereocenters. The lowest BCUT2D eigenvalue weighted by molar-refractivity contribution is -0.616. The van der Waals surface area contributed by atoms with E-state index in [-0.39, 0.29) is 6.29 Å². The average Bonchev–Trinajstić information content (AvgIpc) is 2.27. The Morgan fingerprint density at radius 2 is 2.40 bits per heavy atom. The molecule has 1 aromatic heterocycles. The van der Waals surface area contributed by atoms with Crippen LogP contribution in [-0.4, -0.2) is 12.9 Å². The topological polar surface area (TPSA) is 45.4 Å². The van der Waals surface area contributed by atoms with E-state index in [1.165, 1.54) is 6.20 Å². The summed E-state index contributed by atoms with van der Waals surface area (Å²) in [5, 5.41) is 11.5. The summed E-state index contributed by atoms with van der Waals surface area (Å²) in [6, 6.07) is 3.53. The number of rotatable bonds is 0. The minimum Gasteiger partial charge on any atom is -0.618 e. The Bertz CT molecular complexity index is 380. The molecule has 0 aliphatic carbocycles. The fourth-order valence-electron chi connectivity index (χ4n) is 2.32. The Balaban J connectivity index is 1.95. The maximum atomic E-state index is 11.5. The van der Waals surface area contributed by atoms with Gasteiger partial charge in [0, 0.05) is 18.4 Å². The lowest BCUT2D eigenvalue weighted by Gasteiger charge is -2.34. The molecule has 1 aromatic rings. The zero-order chi connectivity index (χ0) is 10.3. The Morgan fingerprint density at radius 3 is 3.33 bits per heavy atom. The Kier molecular flexibility index (Phi) is 2.02. The molecule has 0 N–H and O–H groups in total. The quantitative estimate of drug-likeness (QED) is 0.471. The minimum absolute atomic E-state index is 0.145. The molecule has 0 amide bonds. The van der Waals surface area contributed by atoms with Crippen molar-refractivity contribution < 1.29 is 14.2 Å². The van der Waals surface area contributed by atoms with Crippen LogP contribution in [0.1, 0.15) is 18.5 Å². The monoisotopic (exact) mass is 207 g/mol. The smallest absolute Gasteiger partial charge is 0.235 e. The molecule has 3 heterocycles. The van der Waals surface area contributed by atoms with Crippen molar-refractivity contribution in [1.29, 1.82) is 0 Å². The summed E-state index contributed by atoms with van der Waals surface area (Å²) in [5.74, 6) is 1.02. The maximum Gasteiger partial charge on any atom is 0.235 e. The van der Waals surface area contributed by atoms with Crippen LogP contribution in [0.4, 0.5) is 0 Å². The zero-order valence-electron chi connectivity index (χ0n) is 8.39. The molecular weight excluding hydrogens is 194 g/mol. The van der Waals surface area contributed by atoms with Crippen LogP contribution in [0.15, 0.2) is 18.3 Å². The largest absolute Gasteiger partial charge is 0.618 e. The van der Waals surface area contributed by atoms with Gasteiger partial charge in [-0.15, -0.1) is 0 Å². The van der Waals surface area contributed by atoms with Crippen LogP contribution < -0.4 is 9.47 Å². The molecule has 4 nitrogen and oxygen atoms in total. The Hall–Kier alpha value is -1.29. The van der Waals surface area contributed by atoms with Gasteiger partial charge in [-0.3, -0.25) is 0 Å². The van der Waals surface area contributed by atoms with E-state index in [2.05, 4.69) is 0 Å². The number of ether oxygens (including phenoxy) is 2. The maximum absolute atomic E-state index is 11.5. The second kappa shape index (κ2) is 3.38. The van der Waals surface area contributed by atoms with E-state index >= 15 is 0 Å². The molecule has 80 valence electrons. The van der Waals surface area contributed by atoms with Crippen LogP contribution in [0.3, 0.4) is 0 Å². The highest BCUT2D eigenvalue weighted by atomic mass is 16.7. The van der Waals surface area contributed by atoms with Gasteiger partial charge in [0.05, 0.1) is 6.61 Å². The van der Waals surface area contributed by atoms with Crippen LogP contribution in [0.5, 0.6) is 5.75 Å². The second-order valence-corrected chi connectivity index (χ2v) is 4.11. The van der Waals surface area contributed by atoms with Gasteiger partial charge in [-0.2, -0.15) is 4.73 Å². The molecule has 0 spiro atoms. The van der Waals surface area contributed by atoms with E-state index in [0.717, 1.165) is 36.3 Å². The Labute approximate surface area is 88.0 Å². The SMILES string of the molecule is [O-][n+]1cccc2c1C[C@@H]1CCCO[C@@H]1O2. The number of fused-ring (bicyclic) bond motifs is 2. The van der Waals surface area contributed by atoms with Gasteiger partial charge in [-0.1, -0.05) is 0 Å². The summed E-state index contributed by atoms with van der Waals surface area (Å²) in [5.41, 5.74) is 0.740. The summed E-state index contributed by atoms with van der Waals surface area (Å²) in [7, 11) is 0. The van der Waals surface area contributed by atoms with E-state index in [0.29, 0.717) is 11.7 Å². The second-order valence-electron chi connectivity index (χ2n) is 4.11. The van der Waals surface area contributed by atoms with Crippen LogP contribution in [0.25, 0.3) is 0 Å². The molecule has 15 heavy (non-hydrogen) atoms. The number of aromatic nitrogens is 1. The highest BCUT2D eigenvalue weighted by Crippen LogP contribution is 2.33. The van der Waals surface area contributed by atoms with Gasteiger partial charge in [0.25, 0.3) is 0 Å². The zero-order valence-corrected chi connectivity index (χ0v) is 8.39. The molecule has 0 radical (unpaired) electrons. The van der Waals surface area contributed by atoms with E-state index in [9.17, 15) is 5.21 Å². The van der Waals surface area contributed by atoms with Crippen LogP contribution in [-0.2, 0) is 11.2 Å². The van der Waals surface area contributed by atoms with Gasteiger partial charge >= 0.3 is 0 Å². The summed E-state index contributed by atoms with van der Waals surface area (Å²) in [6.45, 7) is 0.765. The first-order valence-corrected chi connectivity index (χ1v) is 5.34. The van der Waals surface area contributed by atoms with Crippen LogP contribution >= 0.6 is 0 Å². The number of pyridine rings is 1. The van der Waals surface area contributed by atoms with Gasteiger partial charge < -0.3 is 14.7 Å². The summed E-state index contributed by atoms with van der Waals surface area (Å²) in [6.07, 6.45) is 4.29. The van der Waals surface area contributed by atoms with Crippen LogP contribution in [0, 0.1) is 11.1 Å². The van der Waals surface area contributed by atoms with Gasteiger partial charge in [-0.25, -0.2) is 0 Å². The molecule has 3 rings (SSSR count). The lowest BCUT2D eigenvalue weighted by Crippen LogP contribution is -2.44. The van der Waals surface area contributed by atoms with Crippen molar-refractivity contribution >= 4 is 0 Å². The summed E-state index contributed by atoms with van der Waals surface area (Å²) in [4.78, 5) is 0. The number of nitrogens with zero attached hydrogens (tertiary/aromatic N) is 1. The predicted octanol–water partition coefficient (Wildman–Crippen LogP) is 1.01. The standard InChI is InChI=1S/C11H13NO3/c13-12-5-1-4-10-9(12)7-8-3-2-6-14-11(8)15-10/h1,4-5,8,11H,2-3,6-7H2/t8-,11+/m0/s1. The van der Waals surface area contributed by atoms with E-state index < -0.39 is 0 Å². The molecule has 2 aliphatic rings. The van der Waals surface area contributed by atoms with E-state index in [1.54, 1.807) is 6.07 Å². The van der Waals surface area contributed by atoms with Gasteiger partial charge in [-0.05, 0) is 18.9 Å². The molecule has 1 saturated heterocycles. The molecule has 1 fully saturated rings. The van der Waals surface area contributed by atoms with Crippen molar-refractivity contribution in [1.82, 2.24) is 0 Å². The van der Waals surface area contributed by atoms with Gasteiger partial charge in [0.2, 0.25) is 12.0 Å². The van der Waals surface area contributed by atoms with Gasteiger partial charge in [0.15, 0.2) is 11.9 Å². The summed E-state index contributed by atoms with van der Waals surface area (Å²) >= 11 is 0. The molecule has 2 atom stereocenters. The molecule has 2 aliphatic heterocycles. The van der Waals surface area contributed by atoms with Crippen molar-refractivity contribution in [3.63, 3.8) is 0 Å². The average molecular weight is 207 g/mol. The van der Waals surface area contributed by atoms with Crippen molar-refractivity contribution in [2.45, 2.75) is 25.6 Å². The molecule has 0 aromatic carbocycles. The molecule has 4 heteroatoms.